The minimum absolute atomic E-state index is 0.515. The quantitative estimate of drug-likeness (QED) is 0.869. The number of aliphatic hydroxyl groups is 1. The Balaban J connectivity index is 1.94. The van der Waals surface area contributed by atoms with E-state index in [0.717, 1.165) is 17.7 Å². The summed E-state index contributed by atoms with van der Waals surface area (Å²) in [5, 5.41) is 14.2. The molecule has 2 heterocycles. The molecule has 1 atom stereocenters. The van der Waals surface area contributed by atoms with Crippen molar-refractivity contribution < 1.29 is 9.84 Å². The van der Waals surface area contributed by atoms with Crippen LogP contribution in [0.2, 0.25) is 0 Å². The molecule has 2 rings (SSSR count). The minimum atomic E-state index is -0.515. The standard InChI is InChI=1S/C13H17N3O2/c1-16-11(7-8-15-16)4-5-12(17)10-3-6-13(18-2)14-9-10/h3,6-9,12,17H,4-5H2,1-2H3. The molecule has 0 bridgehead atoms. The summed E-state index contributed by atoms with van der Waals surface area (Å²) in [5.41, 5.74) is 1.91. The van der Waals surface area contributed by atoms with E-state index in [1.165, 1.54) is 0 Å². The van der Waals surface area contributed by atoms with Crippen molar-refractivity contribution in [3.05, 3.63) is 41.9 Å². The zero-order valence-electron chi connectivity index (χ0n) is 10.6. The van der Waals surface area contributed by atoms with Crippen molar-refractivity contribution in [3.8, 4) is 5.88 Å². The van der Waals surface area contributed by atoms with Gasteiger partial charge < -0.3 is 9.84 Å². The van der Waals surface area contributed by atoms with Gasteiger partial charge in [0.05, 0.1) is 13.2 Å². The first-order valence-corrected chi connectivity index (χ1v) is 5.85. The number of methoxy groups -OCH3 is 1. The van der Waals surface area contributed by atoms with Gasteiger partial charge in [-0.2, -0.15) is 5.10 Å². The normalized spacial score (nSPS) is 12.4. The highest BCUT2D eigenvalue weighted by molar-refractivity contribution is 5.19. The molecule has 1 N–H and O–H groups in total. The third-order valence-corrected chi connectivity index (χ3v) is 2.95. The Kier molecular flexibility index (Phi) is 3.94. The van der Waals surface area contributed by atoms with E-state index in [1.54, 1.807) is 25.6 Å². The second kappa shape index (κ2) is 5.64. The van der Waals surface area contributed by atoms with Gasteiger partial charge in [-0.25, -0.2) is 4.98 Å². The predicted molar refractivity (Wildman–Crippen MR) is 67.3 cm³/mol. The van der Waals surface area contributed by atoms with Crippen LogP contribution in [0.4, 0.5) is 0 Å². The summed E-state index contributed by atoms with van der Waals surface area (Å²) < 4.78 is 6.80. The first-order chi connectivity index (χ1) is 8.70. The molecule has 0 aromatic carbocycles. The minimum Gasteiger partial charge on any atom is -0.481 e. The van der Waals surface area contributed by atoms with Crippen LogP contribution in [0.15, 0.2) is 30.6 Å². The number of hydrogen-bond acceptors (Lipinski definition) is 4. The molecule has 0 amide bonds. The second-order valence-corrected chi connectivity index (χ2v) is 4.13. The number of aromatic nitrogens is 3. The van der Waals surface area contributed by atoms with Crippen LogP contribution in [-0.2, 0) is 13.5 Å². The highest BCUT2D eigenvalue weighted by Crippen LogP contribution is 2.19. The van der Waals surface area contributed by atoms with Crippen LogP contribution in [0.1, 0.15) is 23.8 Å². The van der Waals surface area contributed by atoms with E-state index in [0.29, 0.717) is 12.3 Å². The fourth-order valence-corrected chi connectivity index (χ4v) is 1.81. The third-order valence-electron chi connectivity index (χ3n) is 2.95. The van der Waals surface area contributed by atoms with Crippen LogP contribution in [0.25, 0.3) is 0 Å². The molecular weight excluding hydrogens is 230 g/mol. The lowest BCUT2D eigenvalue weighted by Crippen LogP contribution is -2.04. The lowest BCUT2D eigenvalue weighted by atomic mass is 10.1. The molecule has 1 unspecified atom stereocenters. The first-order valence-electron chi connectivity index (χ1n) is 5.85. The zero-order valence-corrected chi connectivity index (χ0v) is 10.6. The maximum atomic E-state index is 10.1. The molecule has 18 heavy (non-hydrogen) atoms. The van der Waals surface area contributed by atoms with Gasteiger partial charge in [-0.3, -0.25) is 4.68 Å². The van der Waals surface area contributed by atoms with Crippen molar-refractivity contribution >= 4 is 0 Å². The number of aliphatic hydroxyl groups excluding tert-OH is 1. The number of ether oxygens (including phenoxy) is 1. The average molecular weight is 247 g/mol. The van der Waals surface area contributed by atoms with Crippen molar-refractivity contribution in [3.63, 3.8) is 0 Å². The Morgan fingerprint density at radius 1 is 1.39 bits per heavy atom. The van der Waals surface area contributed by atoms with Crippen LogP contribution in [0, 0.1) is 0 Å². The average Bonchev–Trinajstić information content (AvgIpc) is 2.81. The summed E-state index contributed by atoms with van der Waals surface area (Å²) in [4.78, 5) is 4.08. The molecular formula is C13H17N3O2. The van der Waals surface area contributed by atoms with Gasteiger partial charge in [0.1, 0.15) is 0 Å². The largest absolute Gasteiger partial charge is 0.481 e. The van der Waals surface area contributed by atoms with Gasteiger partial charge in [0, 0.05) is 31.2 Å². The molecule has 0 radical (unpaired) electrons. The number of rotatable bonds is 5. The van der Waals surface area contributed by atoms with E-state index in [1.807, 2.05) is 23.9 Å². The first kappa shape index (κ1) is 12.6. The summed E-state index contributed by atoms with van der Waals surface area (Å²) in [7, 11) is 3.47. The van der Waals surface area contributed by atoms with Gasteiger partial charge in [-0.05, 0) is 30.5 Å². The zero-order chi connectivity index (χ0) is 13.0. The molecule has 5 heteroatoms. The van der Waals surface area contributed by atoms with Crippen molar-refractivity contribution in [1.29, 1.82) is 0 Å². The Morgan fingerprint density at radius 3 is 2.78 bits per heavy atom. The SMILES string of the molecule is COc1ccc(C(O)CCc2ccnn2C)cn1. The lowest BCUT2D eigenvalue weighted by Gasteiger charge is -2.11. The Labute approximate surface area is 106 Å². The summed E-state index contributed by atoms with van der Waals surface area (Å²) in [6.45, 7) is 0. The molecule has 0 aliphatic carbocycles. The fraction of sp³-hybridized carbons (Fsp3) is 0.385. The van der Waals surface area contributed by atoms with Crippen molar-refractivity contribution in [2.45, 2.75) is 18.9 Å². The number of nitrogens with zero attached hydrogens (tertiary/aromatic N) is 3. The van der Waals surface area contributed by atoms with E-state index in [9.17, 15) is 5.11 Å². The number of hydrogen-bond donors (Lipinski definition) is 1. The molecule has 0 aliphatic heterocycles. The Morgan fingerprint density at radius 2 is 2.22 bits per heavy atom. The van der Waals surface area contributed by atoms with Crippen LogP contribution >= 0.6 is 0 Å². The van der Waals surface area contributed by atoms with E-state index in [2.05, 4.69) is 10.1 Å². The summed E-state index contributed by atoms with van der Waals surface area (Å²) in [5.74, 6) is 0.553. The topological polar surface area (TPSA) is 60.2 Å². The van der Waals surface area contributed by atoms with E-state index in [-0.39, 0.29) is 0 Å². The monoisotopic (exact) mass is 247 g/mol. The predicted octanol–water partition coefficient (Wildman–Crippen LogP) is 1.49. The molecule has 0 spiro atoms. The smallest absolute Gasteiger partial charge is 0.212 e. The van der Waals surface area contributed by atoms with Crippen molar-refractivity contribution in [2.24, 2.45) is 7.05 Å². The number of aryl methyl sites for hydroxylation is 2. The summed E-state index contributed by atoms with van der Waals surface area (Å²) >= 11 is 0. The molecule has 2 aromatic rings. The molecule has 0 fully saturated rings. The molecule has 0 aliphatic rings. The van der Waals surface area contributed by atoms with E-state index >= 15 is 0 Å². The number of pyridine rings is 1. The van der Waals surface area contributed by atoms with Crippen LogP contribution in [0.3, 0.4) is 0 Å². The van der Waals surface area contributed by atoms with Crippen molar-refractivity contribution in [2.75, 3.05) is 7.11 Å². The van der Waals surface area contributed by atoms with Gasteiger partial charge in [-0.15, -0.1) is 0 Å². The Bertz CT molecular complexity index is 493. The van der Waals surface area contributed by atoms with Gasteiger partial charge in [-0.1, -0.05) is 0 Å². The molecule has 2 aromatic heterocycles. The van der Waals surface area contributed by atoms with Crippen LogP contribution in [0.5, 0.6) is 5.88 Å². The Hall–Kier alpha value is -1.88. The lowest BCUT2D eigenvalue weighted by molar-refractivity contribution is 0.166. The summed E-state index contributed by atoms with van der Waals surface area (Å²) in [6.07, 6.45) is 4.32. The van der Waals surface area contributed by atoms with Gasteiger partial charge >= 0.3 is 0 Å². The third kappa shape index (κ3) is 2.87. The highest BCUT2D eigenvalue weighted by atomic mass is 16.5. The van der Waals surface area contributed by atoms with Crippen LogP contribution < -0.4 is 4.74 Å². The second-order valence-electron chi connectivity index (χ2n) is 4.13. The molecule has 5 nitrogen and oxygen atoms in total. The highest BCUT2D eigenvalue weighted by Gasteiger charge is 2.09. The van der Waals surface area contributed by atoms with Gasteiger partial charge in [0.15, 0.2) is 0 Å². The maximum absolute atomic E-state index is 10.1. The fourth-order valence-electron chi connectivity index (χ4n) is 1.81. The van der Waals surface area contributed by atoms with Crippen LogP contribution in [-0.4, -0.2) is 27.0 Å². The van der Waals surface area contributed by atoms with E-state index in [4.69, 9.17) is 4.74 Å². The van der Waals surface area contributed by atoms with Gasteiger partial charge in [0.25, 0.3) is 0 Å². The molecule has 96 valence electrons. The van der Waals surface area contributed by atoms with Gasteiger partial charge in [0.2, 0.25) is 5.88 Å². The maximum Gasteiger partial charge on any atom is 0.212 e. The summed E-state index contributed by atoms with van der Waals surface area (Å²) in [6, 6.07) is 5.54. The van der Waals surface area contributed by atoms with E-state index < -0.39 is 6.10 Å². The molecule has 0 saturated heterocycles. The molecule has 0 saturated carbocycles. The van der Waals surface area contributed by atoms with Crippen molar-refractivity contribution in [1.82, 2.24) is 14.8 Å².